The number of halogens is 1. The monoisotopic (exact) mass is 357 g/mol. The SMILES string of the molecule is COC(=O)CCC(NC(=O)c1cc(C)ccc1Br)C(=O)O. The predicted octanol–water partition coefficient (Wildman–Crippen LogP) is 1.89. The molecule has 1 rings (SSSR count). The number of aryl methyl sites for hydroxylation is 1. The highest BCUT2D eigenvalue weighted by Crippen LogP contribution is 2.18. The minimum absolute atomic E-state index is 0.0306. The van der Waals surface area contributed by atoms with Gasteiger partial charge in [-0.25, -0.2) is 4.79 Å². The Balaban J connectivity index is 2.79. The van der Waals surface area contributed by atoms with Gasteiger partial charge in [-0.2, -0.15) is 0 Å². The lowest BCUT2D eigenvalue weighted by Crippen LogP contribution is -2.41. The Labute approximate surface area is 130 Å². The molecule has 0 aliphatic rings. The Kier molecular flexibility index (Phi) is 6.36. The van der Waals surface area contributed by atoms with Crippen molar-refractivity contribution < 1.29 is 24.2 Å². The highest BCUT2D eigenvalue weighted by atomic mass is 79.9. The Hall–Kier alpha value is -1.89. The zero-order valence-electron chi connectivity index (χ0n) is 11.7. The molecule has 2 N–H and O–H groups in total. The molecule has 0 aliphatic carbocycles. The molecule has 1 aromatic rings. The van der Waals surface area contributed by atoms with E-state index >= 15 is 0 Å². The van der Waals surface area contributed by atoms with E-state index in [9.17, 15) is 14.4 Å². The number of nitrogens with one attached hydrogen (secondary N) is 1. The highest BCUT2D eigenvalue weighted by Gasteiger charge is 2.22. The first kappa shape index (κ1) is 17.2. The molecule has 1 unspecified atom stereocenters. The number of amides is 1. The van der Waals surface area contributed by atoms with Crippen LogP contribution in [0.25, 0.3) is 0 Å². The summed E-state index contributed by atoms with van der Waals surface area (Å²) >= 11 is 3.25. The van der Waals surface area contributed by atoms with Crippen molar-refractivity contribution in [2.75, 3.05) is 7.11 Å². The Morgan fingerprint density at radius 1 is 1.38 bits per heavy atom. The lowest BCUT2D eigenvalue weighted by molar-refractivity contribution is -0.142. The topological polar surface area (TPSA) is 92.7 Å². The Bertz CT molecular complexity index is 558. The lowest BCUT2D eigenvalue weighted by Gasteiger charge is -2.15. The first-order valence-electron chi connectivity index (χ1n) is 6.21. The fourth-order valence-corrected chi connectivity index (χ4v) is 2.10. The Morgan fingerprint density at radius 3 is 2.62 bits per heavy atom. The molecule has 7 heteroatoms. The largest absolute Gasteiger partial charge is 0.480 e. The zero-order chi connectivity index (χ0) is 16.0. The third-order valence-electron chi connectivity index (χ3n) is 2.83. The molecule has 0 saturated heterocycles. The number of hydrogen-bond donors (Lipinski definition) is 2. The van der Waals surface area contributed by atoms with E-state index in [1.807, 2.05) is 13.0 Å². The van der Waals surface area contributed by atoms with Gasteiger partial charge in [0.25, 0.3) is 5.91 Å². The van der Waals surface area contributed by atoms with Crippen molar-refractivity contribution in [3.63, 3.8) is 0 Å². The highest BCUT2D eigenvalue weighted by molar-refractivity contribution is 9.10. The van der Waals surface area contributed by atoms with Gasteiger partial charge in [0.1, 0.15) is 6.04 Å². The van der Waals surface area contributed by atoms with Crippen LogP contribution in [0.1, 0.15) is 28.8 Å². The normalized spacial score (nSPS) is 11.6. The third-order valence-corrected chi connectivity index (χ3v) is 3.53. The number of carboxylic acid groups (broad SMARTS) is 1. The number of methoxy groups -OCH3 is 1. The van der Waals surface area contributed by atoms with E-state index < -0.39 is 23.9 Å². The van der Waals surface area contributed by atoms with Crippen LogP contribution in [0.5, 0.6) is 0 Å². The van der Waals surface area contributed by atoms with E-state index in [0.717, 1.165) is 5.56 Å². The maximum atomic E-state index is 12.1. The van der Waals surface area contributed by atoms with Crippen LogP contribution in [-0.2, 0) is 14.3 Å². The molecule has 0 heterocycles. The minimum Gasteiger partial charge on any atom is -0.480 e. The summed E-state index contributed by atoms with van der Waals surface area (Å²) in [6.07, 6.45) is -0.111. The molecule has 6 nitrogen and oxygen atoms in total. The van der Waals surface area contributed by atoms with Crippen molar-refractivity contribution in [2.24, 2.45) is 0 Å². The number of rotatable bonds is 6. The predicted molar refractivity (Wildman–Crippen MR) is 79.0 cm³/mol. The number of hydrogen-bond acceptors (Lipinski definition) is 4. The summed E-state index contributed by atoms with van der Waals surface area (Å²) < 4.78 is 5.02. The van der Waals surface area contributed by atoms with Gasteiger partial charge in [-0.3, -0.25) is 9.59 Å². The molecule has 0 aromatic heterocycles. The molecule has 1 amide bonds. The van der Waals surface area contributed by atoms with E-state index in [-0.39, 0.29) is 12.8 Å². The molecule has 0 fully saturated rings. The van der Waals surface area contributed by atoms with Gasteiger partial charge >= 0.3 is 11.9 Å². The first-order valence-corrected chi connectivity index (χ1v) is 7.01. The molecular weight excluding hydrogens is 342 g/mol. The average molecular weight is 358 g/mol. The fraction of sp³-hybridized carbons (Fsp3) is 0.357. The van der Waals surface area contributed by atoms with Crippen molar-refractivity contribution >= 4 is 33.8 Å². The van der Waals surface area contributed by atoms with E-state index in [0.29, 0.717) is 10.0 Å². The van der Waals surface area contributed by atoms with Gasteiger partial charge in [0.2, 0.25) is 0 Å². The number of aliphatic carboxylic acids is 1. The second-order valence-corrected chi connectivity index (χ2v) is 5.32. The second-order valence-electron chi connectivity index (χ2n) is 4.46. The smallest absolute Gasteiger partial charge is 0.326 e. The van der Waals surface area contributed by atoms with Crippen LogP contribution in [0.2, 0.25) is 0 Å². The molecule has 0 radical (unpaired) electrons. The number of benzene rings is 1. The van der Waals surface area contributed by atoms with Crippen LogP contribution >= 0.6 is 15.9 Å². The lowest BCUT2D eigenvalue weighted by atomic mass is 10.1. The summed E-state index contributed by atoms with van der Waals surface area (Å²) in [6, 6.07) is 4.05. The molecular formula is C14H16BrNO5. The minimum atomic E-state index is -1.20. The van der Waals surface area contributed by atoms with Gasteiger partial charge in [0.05, 0.1) is 12.7 Å². The molecule has 21 heavy (non-hydrogen) atoms. The summed E-state index contributed by atoms with van der Waals surface area (Å²) in [5.74, 6) is -2.23. The molecule has 114 valence electrons. The molecule has 1 atom stereocenters. The van der Waals surface area contributed by atoms with E-state index in [1.54, 1.807) is 12.1 Å². The van der Waals surface area contributed by atoms with Gasteiger partial charge < -0.3 is 15.2 Å². The number of carbonyl (C=O) groups excluding carboxylic acids is 2. The second kappa shape index (κ2) is 7.78. The Morgan fingerprint density at radius 2 is 2.05 bits per heavy atom. The summed E-state index contributed by atoms with van der Waals surface area (Å²) in [5, 5.41) is 11.5. The van der Waals surface area contributed by atoms with Gasteiger partial charge in [0.15, 0.2) is 0 Å². The number of ether oxygens (including phenoxy) is 1. The number of carbonyl (C=O) groups is 3. The van der Waals surface area contributed by atoms with E-state index in [1.165, 1.54) is 7.11 Å². The van der Waals surface area contributed by atoms with E-state index in [4.69, 9.17) is 5.11 Å². The first-order chi connectivity index (χ1) is 9.85. The van der Waals surface area contributed by atoms with Crippen molar-refractivity contribution in [2.45, 2.75) is 25.8 Å². The van der Waals surface area contributed by atoms with Gasteiger partial charge in [-0.05, 0) is 41.4 Å². The van der Waals surface area contributed by atoms with Crippen LogP contribution in [0.3, 0.4) is 0 Å². The molecule has 0 bridgehead atoms. The average Bonchev–Trinajstić information content (AvgIpc) is 2.44. The van der Waals surface area contributed by atoms with Crippen molar-refractivity contribution in [1.82, 2.24) is 5.32 Å². The van der Waals surface area contributed by atoms with Crippen LogP contribution in [0.4, 0.5) is 0 Å². The van der Waals surface area contributed by atoms with Crippen LogP contribution in [-0.4, -0.2) is 36.1 Å². The van der Waals surface area contributed by atoms with Gasteiger partial charge in [-0.15, -0.1) is 0 Å². The quantitative estimate of drug-likeness (QED) is 0.758. The summed E-state index contributed by atoms with van der Waals surface area (Å²) in [4.78, 5) is 34.3. The summed E-state index contributed by atoms with van der Waals surface area (Å²) in [5.41, 5.74) is 1.23. The van der Waals surface area contributed by atoms with E-state index in [2.05, 4.69) is 26.0 Å². The number of carboxylic acids is 1. The molecule has 0 aliphatic heterocycles. The summed E-state index contributed by atoms with van der Waals surface area (Å²) in [7, 11) is 1.22. The van der Waals surface area contributed by atoms with Crippen molar-refractivity contribution in [3.8, 4) is 0 Å². The molecule has 0 spiro atoms. The maximum absolute atomic E-state index is 12.1. The number of esters is 1. The third kappa shape index (κ3) is 5.18. The summed E-state index contributed by atoms with van der Waals surface area (Å²) in [6.45, 7) is 1.83. The van der Waals surface area contributed by atoms with Crippen LogP contribution in [0.15, 0.2) is 22.7 Å². The fourth-order valence-electron chi connectivity index (χ4n) is 1.67. The van der Waals surface area contributed by atoms with Crippen LogP contribution in [0, 0.1) is 6.92 Å². The van der Waals surface area contributed by atoms with Gasteiger partial charge in [0, 0.05) is 10.9 Å². The van der Waals surface area contributed by atoms with Gasteiger partial charge in [-0.1, -0.05) is 11.6 Å². The maximum Gasteiger partial charge on any atom is 0.326 e. The molecule has 0 saturated carbocycles. The molecule has 1 aromatic carbocycles. The zero-order valence-corrected chi connectivity index (χ0v) is 13.3. The van der Waals surface area contributed by atoms with Crippen LogP contribution < -0.4 is 5.32 Å². The van der Waals surface area contributed by atoms with Crippen molar-refractivity contribution in [3.05, 3.63) is 33.8 Å². The van der Waals surface area contributed by atoms with Crippen molar-refractivity contribution in [1.29, 1.82) is 0 Å². The standard InChI is InChI=1S/C14H16BrNO5/c1-8-3-4-10(15)9(7-8)13(18)16-11(14(19)20)5-6-12(17)21-2/h3-4,7,11H,5-6H2,1-2H3,(H,16,18)(H,19,20).